The number of aliphatic imine (C=N–C) groups is 1. The van der Waals surface area contributed by atoms with Crippen LogP contribution in [0.4, 0.5) is 0 Å². The van der Waals surface area contributed by atoms with Gasteiger partial charge in [0.2, 0.25) is 0 Å². The van der Waals surface area contributed by atoms with Gasteiger partial charge < -0.3 is 15.2 Å². The van der Waals surface area contributed by atoms with Crippen LogP contribution in [-0.4, -0.2) is 24.3 Å². The molecular formula is C6H11CuN4O2. The maximum atomic E-state index is 9.15. The summed E-state index contributed by atoms with van der Waals surface area (Å²) in [6, 6.07) is 0. The minimum atomic E-state index is -0.560. The molecule has 0 saturated heterocycles. The van der Waals surface area contributed by atoms with Gasteiger partial charge in [0.25, 0.3) is 0 Å². The van der Waals surface area contributed by atoms with Crippen LogP contribution in [0.5, 0.6) is 0 Å². The molecule has 1 aliphatic rings. The predicted octanol–water partition coefficient (Wildman–Crippen LogP) is -0.0475. The second-order valence-electron chi connectivity index (χ2n) is 2.25. The third-order valence-electron chi connectivity index (χ3n) is 1.46. The molecule has 0 aromatic carbocycles. The third-order valence-corrected chi connectivity index (χ3v) is 1.46. The Morgan fingerprint density at radius 1 is 1.77 bits per heavy atom. The molecule has 4 N–H and O–H groups in total. The minimum Gasteiger partial charge on any atom is -0.635 e. The summed E-state index contributed by atoms with van der Waals surface area (Å²) in [4.78, 5) is 3.97. The van der Waals surface area contributed by atoms with Crippen LogP contribution >= 0.6 is 0 Å². The topological polar surface area (TPSA) is 94.0 Å². The number of hydrazine groups is 1. The first-order valence-electron chi connectivity index (χ1n) is 3.37. The van der Waals surface area contributed by atoms with Gasteiger partial charge in [-0.1, -0.05) is 5.70 Å². The second kappa shape index (κ2) is 5.08. The van der Waals surface area contributed by atoms with Crippen molar-refractivity contribution in [3.63, 3.8) is 0 Å². The van der Waals surface area contributed by atoms with Crippen molar-refractivity contribution in [1.29, 1.82) is 0 Å². The first kappa shape index (κ1) is 12.2. The first-order valence-corrected chi connectivity index (χ1v) is 3.37. The maximum absolute atomic E-state index is 9.15. The van der Waals surface area contributed by atoms with E-state index in [-0.39, 0.29) is 23.0 Å². The molecule has 0 aromatic rings. The van der Waals surface area contributed by atoms with Crippen LogP contribution in [0.25, 0.3) is 5.32 Å². The van der Waals surface area contributed by atoms with Crippen LogP contribution in [0.15, 0.2) is 16.6 Å². The summed E-state index contributed by atoms with van der Waals surface area (Å²) in [5.41, 5.74) is 3.02. The fraction of sp³-hybridized carbons (Fsp3) is 0.500. The number of rotatable bonds is 2. The van der Waals surface area contributed by atoms with E-state index >= 15 is 0 Å². The maximum Gasteiger partial charge on any atom is 1.00 e. The summed E-state index contributed by atoms with van der Waals surface area (Å²) >= 11 is 0. The molecule has 1 unspecified atom stereocenters. The first-order chi connectivity index (χ1) is 5.69. The quantitative estimate of drug-likeness (QED) is 0.270. The standard InChI is InChI=1S/C6H11N4O2.Cu/c1-3-4(5(11)10-7)9-6(8-3)12-2;/h6H,7H2,1-2H3,(H2,8,10,11);/q-1;+1. The van der Waals surface area contributed by atoms with E-state index in [4.69, 9.17) is 15.7 Å². The molecule has 1 rings (SSSR count). The molecule has 7 heteroatoms. The molecule has 78 valence electrons. The van der Waals surface area contributed by atoms with Gasteiger partial charge in [0.15, 0.2) is 5.88 Å². The fourth-order valence-corrected chi connectivity index (χ4v) is 0.866. The van der Waals surface area contributed by atoms with Crippen molar-refractivity contribution < 1.29 is 26.9 Å². The minimum absolute atomic E-state index is 0. The fourth-order valence-electron chi connectivity index (χ4n) is 0.866. The van der Waals surface area contributed by atoms with Gasteiger partial charge in [0.05, 0.1) is 6.35 Å². The molecule has 13 heavy (non-hydrogen) atoms. The number of hydrogen-bond donors (Lipinski definition) is 3. The monoisotopic (exact) mass is 234 g/mol. The van der Waals surface area contributed by atoms with Gasteiger partial charge in [-0.2, -0.15) is 0 Å². The summed E-state index contributed by atoms with van der Waals surface area (Å²) in [7, 11) is 1.49. The zero-order valence-electron chi connectivity index (χ0n) is 7.21. The summed E-state index contributed by atoms with van der Waals surface area (Å²) in [6.45, 7) is 1.71. The van der Waals surface area contributed by atoms with Crippen molar-refractivity contribution in [2.24, 2.45) is 10.8 Å². The van der Waals surface area contributed by atoms with E-state index in [1.165, 1.54) is 7.11 Å². The van der Waals surface area contributed by atoms with E-state index in [1.54, 1.807) is 6.92 Å². The Labute approximate surface area is 86.7 Å². The van der Waals surface area contributed by atoms with E-state index in [9.17, 15) is 0 Å². The number of nitrogens with zero attached hydrogens (tertiary/aromatic N) is 2. The summed E-state index contributed by atoms with van der Waals surface area (Å²) in [5, 5.41) is 13.1. The smallest absolute Gasteiger partial charge is 0.635 e. The van der Waals surface area contributed by atoms with Gasteiger partial charge in [0.1, 0.15) is 0 Å². The molecule has 1 heterocycles. The van der Waals surface area contributed by atoms with E-state index in [0.29, 0.717) is 11.4 Å². The van der Waals surface area contributed by atoms with Gasteiger partial charge in [0, 0.05) is 12.8 Å². The molecule has 0 amide bonds. The van der Waals surface area contributed by atoms with Gasteiger partial charge in [-0.15, -0.1) is 0 Å². The van der Waals surface area contributed by atoms with Crippen molar-refractivity contribution in [1.82, 2.24) is 5.43 Å². The van der Waals surface area contributed by atoms with Crippen LogP contribution in [0.2, 0.25) is 0 Å². The zero-order valence-corrected chi connectivity index (χ0v) is 8.15. The molecule has 0 aromatic heterocycles. The van der Waals surface area contributed by atoms with Gasteiger partial charge in [-0.3, -0.25) is 10.4 Å². The molecule has 1 atom stereocenters. The number of nitrogens with one attached hydrogen (secondary N) is 1. The van der Waals surface area contributed by atoms with E-state index in [1.807, 2.05) is 0 Å². The average molecular weight is 235 g/mol. The molecule has 0 spiro atoms. The van der Waals surface area contributed by atoms with Gasteiger partial charge in [-0.25, -0.2) is 5.84 Å². The largest absolute Gasteiger partial charge is 1.00 e. The molecule has 0 saturated carbocycles. The molecular weight excluding hydrogens is 224 g/mol. The number of hydrogen-bond acceptors (Lipinski definition) is 5. The second-order valence-corrected chi connectivity index (χ2v) is 2.25. The van der Waals surface area contributed by atoms with Crippen LogP contribution in [0.1, 0.15) is 6.92 Å². The normalized spacial score (nSPS) is 24.2. The SMILES string of the molecule is COC1N=C(C)/C(=C(/O)NN)[N-]1.[Cu+]. The molecule has 1 aliphatic heterocycles. The Balaban J connectivity index is 0.00000144. The summed E-state index contributed by atoms with van der Waals surface area (Å²) in [6.07, 6.45) is -0.560. The van der Waals surface area contributed by atoms with Crippen molar-refractivity contribution in [3.05, 3.63) is 16.9 Å². The molecule has 0 bridgehead atoms. The Bertz CT molecular complexity index is 241. The van der Waals surface area contributed by atoms with Gasteiger partial charge in [-0.05, 0) is 6.92 Å². The Morgan fingerprint density at radius 2 is 2.38 bits per heavy atom. The summed E-state index contributed by atoms with van der Waals surface area (Å²) < 4.78 is 4.84. The zero-order chi connectivity index (χ0) is 9.14. The molecule has 0 radical (unpaired) electrons. The molecule has 0 aliphatic carbocycles. The van der Waals surface area contributed by atoms with Crippen molar-refractivity contribution >= 4 is 5.71 Å². The molecule has 0 fully saturated rings. The van der Waals surface area contributed by atoms with Crippen LogP contribution < -0.4 is 11.3 Å². The molecule has 6 nitrogen and oxygen atoms in total. The number of allylic oxidation sites excluding steroid dienone is 1. The van der Waals surface area contributed by atoms with Crippen LogP contribution in [-0.2, 0) is 21.8 Å². The van der Waals surface area contributed by atoms with E-state index in [0.717, 1.165) is 0 Å². The van der Waals surface area contributed by atoms with Crippen LogP contribution in [0, 0.1) is 0 Å². The Hall–Kier alpha value is -0.751. The van der Waals surface area contributed by atoms with E-state index < -0.39 is 6.35 Å². The number of aliphatic hydroxyl groups is 1. The summed E-state index contributed by atoms with van der Waals surface area (Å²) in [5.74, 6) is 4.79. The number of methoxy groups -OCH3 is 1. The Morgan fingerprint density at radius 3 is 2.77 bits per heavy atom. The van der Waals surface area contributed by atoms with Crippen molar-refractivity contribution in [2.45, 2.75) is 13.3 Å². The number of aliphatic hydroxyl groups excluding tert-OH is 1. The third kappa shape index (κ3) is 2.60. The average Bonchev–Trinajstić information content (AvgIpc) is 2.45. The number of nitrogens with two attached hydrogens (primary N) is 1. The van der Waals surface area contributed by atoms with Crippen molar-refractivity contribution in [2.75, 3.05) is 7.11 Å². The van der Waals surface area contributed by atoms with Crippen LogP contribution in [0.3, 0.4) is 0 Å². The van der Waals surface area contributed by atoms with Gasteiger partial charge >= 0.3 is 17.1 Å². The predicted molar refractivity (Wildman–Crippen MR) is 44.2 cm³/mol. The van der Waals surface area contributed by atoms with E-state index in [2.05, 4.69) is 15.7 Å². The van der Waals surface area contributed by atoms with Crippen molar-refractivity contribution in [3.8, 4) is 0 Å². The number of ether oxygens (including phenoxy) is 1. The Kier molecular flexibility index (Phi) is 4.79.